The highest BCUT2D eigenvalue weighted by Crippen LogP contribution is 2.29. The van der Waals surface area contributed by atoms with Crippen LogP contribution in [0.5, 0.6) is 0 Å². The SMILES string of the molecule is Cc1cc(F)c(F)c(C2CCN(C(=O)OC(C)(C)C)C2)n1. The quantitative estimate of drug-likeness (QED) is 0.798. The average Bonchev–Trinajstić information content (AvgIpc) is 2.81. The number of ether oxygens (including phenoxy) is 1. The molecule has 0 aliphatic carbocycles. The van der Waals surface area contributed by atoms with Crippen LogP contribution in [0.2, 0.25) is 0 Å². The van der Waals surface area contributed by atoms with Gasteiger partial charge < -0.3 is 9.64 Å². The lowest BCUT2D eigenvalue weighted by atomic mass is 10.0. The lowest BCUT2D eigenvalue weighted by molar-refractivity contribution is 0.0292. The van der Waals surface area contributed by atoms with E-state index in [0.29, 0.717) is 25.2 Å². The summed E-state index contributed by atoms with van der Waals surface area (Å²) in [6.45, 7) is 7.73. The number of carbonyl (C=O) groups excluding carboxylic acids is 1. The maximum Gasteiger partial charge on any atom is 0.410 e. The Hall–Kier alpha value is -1.72. The molecule has 1 aromatic rings. The van der Waals surface area contributed by atoms with Crippen LogP contribution in [0.3, 0.4) is 0 Å². The van der Waals surface area contributed by atoms with Gasteiger partial charge in [0.15, 0.2) is 11.6 Å². The van der Waals surface area contributed by atoms with Crippen molar-refractivity contribution in [2.45, 2.75) is 45.6 Å². The molecule has 1 amide bonds. The van der Waals surface area contributed by atoms with Crippen molar-refractivity contribution in [2.24, 2.45) is 0 Å². The molecule has 1 aromatic heterocycles. The number of amides is 1. The predicted molar refractivity (Wildman–Crippen MR) is 74.1 cm³/mol. The molecule has 0 radical (unpaired) electrons. The fourth-order valence-electron chi connectivity index (χ4n) is 2.39. The van der Waals surface area contributed by atoms with E-state index in [1.165, 1.54) is 4.90 Å². The zero-order valence-corrected chi connectivity index (χ0v) is 12.7. The van der Waals surface area contributed by atoms with Gasteiger partial charge in [0.05, 0.1) is 5.69 Å². The normalized spacial score (nSPS) is 19.0. The van der Waals surface area contributed by atoms with E-state index in [0.717, 1.165) is 6.07 Å². The molecule has 21 heavy (non-hydrogen) atoms. The van der Waals surface area contributed by atoms with E-state index in [-0.39, 0.29) is 11.6 Å². The summed E-state index contributed by atoms with van der Waals surface area (Å²) < 4.78 is 32.6. The maximum absolute atomic E-state index is 13.9. The first-order chi connectivity index (χ1) is 9.67. The summed E-state index contributed by atoms with van der Waals surface area (Å²) in [7, 11) is 0. The van der Waals surface area contributed by atoms with Crippen molar-refractivity contribution in [3.63, 3.8) is 0 Å². The Kier molecular flexibility index (Phi) is 4.16. The Morgan fingerprint density at radius 3 is 2.71 bits per heavy atom. The minimum absolute atomic E-state index is 0.0959. The van der Waals surface area contributed by atoms with Gasteiger partial charge in [0, 0.05) is 24.7 Å². The number of carbonyl (C=O) groups is 1. The molecule has 0 spiro atoms. The van der Waals surface area contributed by atoms with Crippen LogP contribution in [0.15, 0.2) is 6.07 Å². The number of rotatable bonds is 1. The molecule has 1 aliphatic heterocycles. The molecule has 0 aromatic carbocycles. The van der Waals surface area contributed by atoms with E-state index in [1.54, 1.807) is 27.7 Å². The van der Waals surface area contributed by atoms with Crippen LogP contribution in [0.4, 0.5) is 13.6 Å². The first-order valence-corrected chi connectivity index (χ1v) is 6.98. The topological polar surface area (TPSA) is 42.4 Å². The Morgan fingerprint density at radius 2 is 2.10 bits per heavy atom. The number of hydrogen-bond donors (Lipinski definition) is 0. The molecule has 0 bridgehead atoms. The molecule has 116 valence electrons. The monoisotopic (exact) mass is 298 g/mol. The molecular weight excluding hydrogens is 278 g/mol. The van der Waals surface area contributed by atoms with Crippen molar-refractivity contribution in [3.05, 3.63) is 29.1 Å². The second-order valence-electron chi connectivity index (χ2n) is 6.36. The average molecular weight is 298 g/mol. The first kappa shape index (κ1) is 15.7. The number of halogens is 2. The molecule has 1 unspecified atom stereocenters. The lowest BCUT2D eigenvalue weighted by Gasteiger charge is -2.24. The zero-order valence-electron chi connectivity index (χ0n) is 12.7. The lowest BCUT2D eigenvalue weighted by Crippen LogP contribution is -2.35. The number of hydrogen-bond acceptors (Lipinski definition) is 3. The Labute approximate surface area is 123 Å². The summed E-state index contributed by atoms with van der Waals surface area (Å²) >= 11 is 0. The van der Waals surface area contributed by atoms with Crippen molar-refractivity contribution in [3.8, 4) is 0 Å². The third-order valence-electron chi connectivity index (χ3n) is 3.29. The number of aryl methyl sites for hydroxylation is 1. The highest BCUT2D eigenvalue weighted by atomic mass is 19.2. The van der Waals surface area contributed by atoms with E-state index < -0.39 is 23.3 Å². The van der Waals surface area contributed by atoms with Crippen molar-refractivity contribution in [1.82, 2.24) is 9.88 Å². The van der Waals surface area contributed by atoms with Crippen LogP contribution in [-0.2, 0) is 4.74 Å². The minimum atomic E-state index is -0.920. The summed E-state index contributed by atoms with van der Waals surface area (Å²) in [6.07, 6.45) is 0.116. The molecule has 1 atom stereocenters. The first-order valence-electron chi connectivity index (χ1n) is 6.98. The summed E-state index contributed by atoms with van der Waals surface area (Å²) in [5.41, 5.74) is -0.0492. The Balaban J connectivity index is 2.11. The summed E-state index contributed by atoms with van der Waals surface area (Å²) in [6, 6.07) is 1.07. The number of aromatic nitrogens is 1. The molecule has 6 heteroatoms. The smallest absolute Gasteiger partial charge is 0.410 e. The number of pyridine rings is 1. The minimum Gasteiger partial charge on any atom is -0.444 e. The van der Waals surface area contributed by atoms with Gasteiger partial charge in [0.25, 0.3) is 0 Å². The van der Waals surface area contributed by atoms with Gasteiger partial charge in [-0.05, 0) is 40.2 Å². The summed E-state index contributed by atoms with van der Waals surface area (Å²) in [4.78, 5) is 17.6. The Bertz CT molecular complexity index is 555. The maximum atomic E-state index is 13.9. The van der Waals surface area contributed by atoms with Crippen LogP contribution >= 0.6 is 0 Å². The third kappa shape index (κ3) is 3.68. The van der Waals surface area contributed by atoms with Crippen LogP contribution in [0.1, 0.15) is 44.5 Å². The summed E-state index contributed by atoms with van der Waals surface area (Å²) in [5, 5.41) is 0. The fourth-order valence-corrected chi connectivity index (χ4v) is 2.39. The van der Waals surface area contributed by atoms with Crippen LogP contribution in [0, 0.1) is 18.6 Å². The van der Waals surface area contributed by atoms with Gasteiger partial charge in [-0.3, -0.25) is 4.98 Å². The number of likely N-dealkylation sites (tertiary alicyclic amines) is 1. The molecule has 0 N–H and O–H groups in total. The third-order valence-corrected chi connectivity index (χ3v) is 3.29. The highest BCUT2D eigenvalue weighted by Gasteiger charge is 2.33. The van der Waals surface area contributed by atoms with Crippen molar-refractivity contribution in [1.29, 1.82) is 0 Å². The molecule has 2 rings (SSSR count). The number of nitrogens with zero attached hydrogens (tertiary/aromatic N) is 2. The summed E-state index contributed by atoms with van der Waals surface area (Å²) in [5.74, 6) is -2.11. The zero-order chi connectivity index (χ0) is 15.8. The van der Waals surface area contributed by atoms with Crippen molar-refractivity contribution >= 4 is 6.09 Å². The molecule has 1 aliphatic rings. The van der Waals surface area contributed by atoms with E-state index >= 15 is 0 Å². The van der Waals surface area contributed by atoms with Gasteiger partial charge in [-0.15, -0.1) is 0 Å². The predicted octanol–water partition coefficient (Wildman–Crippen LogP) is 3.39. The molecule has 4 nitrogen and oxygen atoms in total. The highest BCUT2D eigenvalue weighted by molar-refractivity contribution is 5.68. The molecule has 1 fully saturated rings. The van der Waals surface area contributed by atoms with Gasteiger partial charge >= 0.3 is 6.09 Å². The van der Waals surface area contributed by atoms with Gasteiger partial charge in [-0.1, -0.05) is 0 Å². The van der Waals surface area contributed by atoms with Gasteiger partial charge in [0.2, 0.25) is 0 Å². The van der Waals surface area contributed by atoms with E-state index in [2.05, 4.69) is 4.98 Å². The van der Waals surface area contributed by atoms with Crippen LogP contribution < -0.4 is 0 Å². The Morgan fingerprint density at radius 1 is 1.43 bits per heavy atom. The van der Waals surface area contributed by atoms with E-state index in [4.69, 9.17) is 4.74 Å². The fraction of sp³-hybridized carbons (Fsp3) is 0.600. The molecule has 2 heterocycles. The van der Waals surface area contributed by atoms with E-state index in [1.807, 2.05) is 0 Å². The van der Waals surface area contributed by atoms with Gasteiger partial charge in [0.1, 0.15) is 5.60 Å². The van der Waals surface area contributed by atoms with Crippen LogP contribution in [0.25, 0.3) is 0 Å². The standard InChI is InChI=1S/C15H20F2N2O2/c1-9-7-11(16)12(17)13(18-9)10-5-6-19(8-10)14(20)21-15(2,3)4/h7,10H,5-6,8H2,1-4H3. The second kappa shape index (κ2) is 5.58. The van der Waals surface area contributed by atoms with Gasteiger partial charge in [-0.25, -0.2) is 13.6 Å². The molecule has 1 saturated heterocycles. The largest absolute Gasteiger partial charge is 0.444 e. The van der Waals surface area contributed by atoms with E-state index in [9.17, 15) is 13.6 Å². The van der Waals surface area contributed by atoms with Crippen molar-refractivity contribution < 1.29 is 18.3 Å². The van der Waals surface area contributed by atoms with Gasteiger partial charge in [-0.2, -0.15) is 0 Å². The molecular formula is C15H20F2N2O2. The molecule has 0 saturated carbocycles. The second-order valence-corrected chi connectivity index (χ2v) is 6.36. The van der Waals surface area contributed by atoms with Crippen molar-refractivity contribution in [2.75, 3.05) is 13.1 Å². The van der Waals surface area contributed by atoms with Crippen LogP contribution in [-0.4, -0.2) is 34.7 Å².